The van der Waals surface area contributed by atoms with Crippen LogP contribution in [0.25, 0.3) is 0 Å². The molecule has 1 amide bonds. The summed E-state index contributed by atoms with van der Waals surface area (Å²) >= 11 is 0. The Balaban J connectivity index is 1.16. The molecule has 0 aromatic rings. The van der Waals surface area contributed by atoms with Crippen molar-refractivity contribution >= 4 is 5.91 Å². The number of hydrogen-bond donors (Lipinski definition) is 1. The second-order valence-corrected chi connectivity index (χ2v) is 16.2. The number of carbonyl (C=O) groups excluding carboxylic acids is 1. The highest BCUT2D eigenvalue weighted by Crippen LogP contribution is 2.68. The van der Waals surface area contributed by atoms with Gasteiger partial charge in [-0.1, -0.05) is 67.2 Å². The lowest BCUT2D eigenvalue weighted by Gasteiger charge is -2.61. The minimum absolute atomic E-state index is 0.153. The van der Waals surface area contributed by atoms with Crippen molar-refractivity contribution in [1.82, 2.24) is 5.32 Å². The molecule has 4 saturated carbocycles. The normalized spacial score (nSPS) is 36.2. The maximum absolute atomic E-state index is 12.7. The fourth-order valence-electron chi connectivity index (χ4n) is 10.7. The summed E-state index contributed by atoms with van der Waals surface area (Å²) in [6, 6.07) is 0.342. The topological polar surface area (TPSA) is 56.8 Å². The van der Waals surface area contributed by atoms with Crippen molar-refractivity contribution in [2.75, 3.05) is 39.6 Å². The highest BCUT2D eigenvalue weighted by Gasteiger charge is 2.60. The molecule has 0 spiro atoms. The third-order valence-corrected chi connectivity index (χ3v) is 13.1. The Kier molecular flexibility index (Phi) is 13.7. The third-order valence-electron chi connectivity index (χ3n) is 13.1. The first-order valence-electron chi connectivity index (χ1n) is 18.7. The Hall–Kier alpha value is -0.650. The van der Waals surface area contributed by atoms with Crippen molar-refractivity contribution in [3.05, 3.63) is 0 Å². The van der Waals surface area contributed by atoms with E-state index >= 15 is 0 Å². The molecular weight excluding hydrogens is 534 g/mol. The number of carbonyl (C=O) groups is 1. The molecule has 4 fully saturated rings. The average Bonchev–Trinajstić information content (AvgIpc) is 3.33. The van der Waals surface area contributed by atoms with Gasteiger partial charge in [0.25, 0.3) is 0 Å². The van der Waals surface area contributed by atoms with E-state index in [0.717, 1.165) is 67.3 Å². The molecule has 1 N–H and O–H groups in total. The summed E-state index contributed by atoms with van der Waals surface area (Å²) < 4.78 is 16.7. The summed E-state index contributed by atoms with van der Waals surface area (Å²) in [7, 11) is 0. The largest absolute Gasteiger partial charge is 0.379 e. The van der Waals surface area contributed by atoms with Crippen LogP contribution in [0.5, 0.6) is 0 Å². The monoisotopic (exact) mass is 604 g/mol. The number of unbranched alkanes of at least 4 members (excludes halogenated alkanes) is 1. The Bertz CT molecular complexity index is 833. The fourth-order valence-corrected chi connectivity index (χ4v) is 10.7. The Morgan fingerprint density at radius 1 is 0.767 bits per heavy atom. The first-order chi connectivity index (χ1) is 20.7. The van der Waals surface area contributed by atoms with Crippen LogP contribution in [0.2, 0.25) is 0 Å². The third kappa shape index (κ3) is 9.00. The SMILES string of the molecule is CCCCOCCOCCOCCC(=O)NC1CCC2(C)C(CCC3C2CCC2(C)C3CCC2[C@H](C)CCCC(C)C)C1. The predicted octanol–water partition coefficient (Wildman–Crippen LogP) is 8.83. The lowest BCUT2D eigenvalue weighted by Crippen LogP contribution is -2.55. The molecule has 9 atom stereocenters. The van der Waals surface area contributed by atoms with Crippen molar-refractivity contribution < 1.29 is 19.0 Å². The van der Waals surface area contributed by atoms with Crippen molar-refractivity contribution in [3.8, 4) is 0 Å². The minimum atomic E-state index is 0.153. The van der Waals surface area contributed by atoms with Crippen molar-refractivity contribution in [2.45, 2.75) is 144 Å². The molecular formula is C38H69NO4. The van der Waals surface area contributed by atoms with Gasteiger partial charge < -0.3 is 19.5 Å². The summed E-state index contributed by atoms with van der Waals surface area (Å²) in [5.41, 5.74) is 1.04. The van der Waals surface area contributed by atoms with Gasteiger partial charge in [-0.3, -0.25) is 4.79 Å². The molecule has 0 heterocycles. The second kappa shape index (κ2) is 16.8. The Morgan fingerprint density at radius 2 is 1.44 bits per heavy atom. The molecule has 4 aliphatic carbocycles. The van der Waals surface area contributed by atoms with Crippen LogP contribution in [-0.4, -0.2) is 51.6 Å². The van der Waals surface area contributed by atoms with Crippen LogP contribution < -0.4 is 5.32 Å². The number of rotatable bonds is 18. The molecule has 4 aliphatic rings. The van der Waals surface area contributed by atoms with Crippen LogP contribution in [0, 0.1) is 52.3 Å². The average molecular weight is 604 g/mol. The number of nitrogens with one attached hydrogen (secondary N) is 1. The fraction of sp³-hybridized carbons (Fsp3) is 0.974. The highest BCUT2D eigenvalue weighted by atomic mass is 16.5. The van der Waals surface area contributed by atoms with E-state index in [1.54, 1.807) is 0 Å². The molecule has 0 radical (unpaired) electrons. The van der Waals surface area contributed by atoms with Crippen LogP contribution in [0.1, 0.15) is 138 Å². The van der Waals surface area contributed by atoms with E-state index in [1.807, 2.05) is 0 Å². The first-order valence-corrected chi connectivity index (χ1v) is 18.7. The van der Waals surface area contributed by atoms with Gasteiger partial charge in [0.1, 0.15) is 0 Å². The molecule has 0 aromatic heterocycles. The lowest BCUT2D eigenvalue weighted by atomic mass is 9.44. The molecule has 0 bridgehead atoms. The van der Waals surface area contributed by atoms with Crippen molar-refractivity contribution in [1.29, 1.82) is 0 Å². The molecule has 250 valence electrons. The van der Waals surface area contributed by atoms with Crippen molar-refractivity contribution in [2.24, 2.45) is 52.3 Å². The van der Waals surface area contributed by atoms with Gasteiger partial charge in [0.2, 0.25) is 5.91 Å². The van der Waals surface area contributed by atoms with E-state index < -0.39 is 0 Å². The molecule has 8 unspecified atom stereocenters. The van der Waals surface area contributed by atoms with Gasteiger partial charge in [-0.05, 0) is 116 Å². The Morgan fingerprint density at radius 3 is 2.16 bits per heavy atom. The maximum atomic E-state index is 12.7. The summed E-state index contributed by atoms with van der Waals surface area (Å²) in [6.45, 7) is 18.5. The zero-order valence-electron chi connectivity index (χ0n) is 29.1. The minimum Gasteiger partial charge on any atom is -0.379 e. The van der Waals surface area contributed by atoms with Gasteiger partial charge >= 0.3 is 0 Å². The Labute approximate surface area is 265 Å². The van der Waals surface area contributed by atoms with Gasteiger partial charge in [0, 0.05) is 19.1 Å². The van der Waals surface area contributed by atoms with Crippen LogP contribution in [0.4, 0.5) is 0 Å². The van der Waals surface area contributed by atoms with E-state index in [4.69, 9.17) is 14.2 Å². The van der Waals surface area contributed by atoms with Gasteiger partial charge in [0.15, 0.2) is 0 Å². The number of ether oxygens (including phenoxy) is 3. The standard InChI is InChI=1S/C38H69NO4/c1-7-8-21-41-23-25-43-26-24-42-22-18-36(40)39-31-16-19-37(5)30(27-31)12-13-32-34-15-14-33(29(4)11-9-10-28(2)3)38(34,6)20-17-35(32)37/h28-35H,7-27H2,1-6H3,(H,39,40)/t29-,30?,31?,32?,33?,34?,35?,37?,38?/m1/s1. The molecule has 0 saturated heterocycles. The van der Waals surface area contributed by atoms with Crippen LogP contribution in [0.3, 0.4) is 0 Å². The number of fused-ring (bicyclic) bond motifs is 5. The number of amides is 1. The molecule has 43 heavy (non-hydrogen) atoms. The van der Waals surface area contributed by atoms with E-state index in [-0.39, 0.29) is 5.91 Å². The van der Waals surface area contributed by atoms with E-state index in [9.17, 15) is 4.79 Å². The van der Waals surface area contributed by atoms with Gasteiger partial charge in [-0.25, -0.2) is 0 Å². The predicted molar refractivity (Wildman–Crippen MR) is 177 cm³/mol. The zero-order valence-corrected chi connectivity index (χ0v) is 29.1. The summed E-state index contributed by atoms with van der Waals surface area (Å²) in [6.07, 6.45) is 19.2. The van der Waals surface area contributed by atoms with Gasteiger partial charge in [0.05, 0.1) is 33.0 Å². The molecule has 0 aliphatic heterocycles. The second-order valence-electron chi connectivity index (χ2n) is 16.2. The lowest BCUT2D eigenvalue weighted by molar-refractivity contribution is -0.128. The summed E-state index contributed by atoms with van der Waals surface area (Å²) in [5.74, 6) is 6.36. The zero-order chi connectivity index (χ0) is 30.9. The first kappa shape index (κ1) is 35.2. The smallest absolute Gasteiger partial charge is 0.222 e. The molecule has 5 nitrogen and oxygen atoms in total. The van der Waals surface area contributed by atoms with Crippen molar-refractivity contribution in [3.63, 3.8) is 0 Å². The van der Waals surface area contributed by atoms with Gasteiger partial charge in [-0.2, -0.15) is 0 Å². The molecule has 5 heteroatoms. The molecule has 4 rings (SSSR count). The van der Waals surface area contributed by atoms with E-state index in [2.05, 4.69) is 46.9 Å². The quantitative estimate of drug-likeness (QED) is 0.159. The summed E-state index contributed by atoms with van der Waals surface area (Å²) in [4.78, 5) is 12.7. The van der Waals surface area contributed by atoms with Crippen LogP contribution in [-0.2, 0) is 19.0 Å². The van der Waals surface area contributed by atoms with E-state index in [0.29, 0.717) is 56.3 Å². The van der Waals surface area contributed by atoms with Crippen LogP contribution in [0.15, 0.2) is 0 Å². The van der Waals surface area contributed by atoms with E-state index in [1.165, 1.54) is 70.6 Å². The maximum Gasteiger partial charge on any atom is 0.222 e. The summed E-state index contributed by atoms with van der Waals surface area (Å²) in [5, 5.41) is 3.39. The van der Waals surface area contributed by atoms with Gasteiger partial charge in [-0.15, -0.1) is 0 Å². The highest BCUT2D eigenvalue weighted by molar-refractivity contribution is 5.76. The number of hydrogen-bond acceptors (Lipinski definition) is 4. The van der Waals surface area contributed by atoms with Crippen LogP contribution >= 0.6 is 0 Å². The molecule has 0 aromatic carbocycles.